The van der Waals surface area contributed by atoms with E-state index in [1.807, 2.05) is 17.5 Å². The standard InChI is InChI=1S/C13H8ClF3N2S2/c14-10-4-9(18-5-7-2-1-3-20-7)12-11(19-10)8(6-21-12)13(15,16)17/h1-4,6H,5H2,(H,18,19). The summed E-state index contributed by atoms with van der Waals surface area (Å²) in [6.07, 6.45) is -4.43. The minimum atomic E-state index is -4.43. The molecule has 3 rings (SSSR count). The van der Waals surface area contributed by atoms with Gasteiger partial charge in [-0.05, 0) is 11.4 Å². The van der Waals surface area contributed by atoms with Crippen molar-refractivity contribution in [2.45, 2.75) is 12.7 Å². The maximum atomic E-state index is 12.9. The second kappa shape index (κ2) is 5.47. The van der Waals surface area contributed by atoms with E-state index in [2.05, 4.69) is 10.3 Å². The van der Waals surface area contributed by atoms with Gasteiger partial charge in [-0.25, -0.2) is 4.98 Å². The number of halogens is 4. The number of nitrogens with one attached hydrogen (secondary N) is 1. The molecule has 0 amide bonds. The Hall–Kier alpha value is -1.31. The third-order valence-electron chi connectivity index (χ3n) is 2.83. The van der Waals surface area contributed by atoms with Gasteiger partial charge < -0.3 is 5.32 Å². The second-order valence-electron chi connectivity index (χ2n) is 4.25. The molecule has 1 N–H and O–H groups in total. The van der Waals surface area contributed by atoms with Crippen LogP contribution >= 0.6 is 34.3 Å². The molecule has 0 bridgehead atoms. The minimum Gasteiger partial charge on any atom is -0.379 e. The maximum absolute atomic E-state index is 12.9. The molecule has 0 aliphatic rings. The van der Waals surface area contributed by atoms with Crippen LogP contribution in [0.1, 0.15) is 10.4 Å². The van der Waals surface area contributed by atoms with Gasteiger partial charge in [0.2, 0.25) is 0 Å². The predicted molar refractivity (Wildman–Crippen MR) is 81.3 cm³/mol. The molecule has 0 saturated carbocycles. The van der Waals surface area contributed by atoms with E-state index >= 15 is 0 Å². The maximum Gasteiger partial charge on any atom is 0.419 e. The number of pyridine rings is 1. The zero-order valence-corrected chi connectivity index (χ0v) is 12.8. The summed E-state index contributed by atoms with van der Waals surface area (Å²) in [5.41, 5.74) is -0.281. The molecule has 110 valence electrons. The molecule has 2 nitrogen and oxygen atoms in total. The van der Waals surface area contributed by atoms with Crippen LogP contribution in [0.2, 0.25) is 5.15 Å². The molecule has 0 aliphatic carbocycles. The molecule has 0 spiro atoms. The molecule has 0 saturated heterocycles. The molecule has 0 aromatic carbocycles. The van der Waals surface area contributed by atoms with Gasteiger partial charge in [0.15, 0.2) is 0 Å². The summed E-state index contributed by atoms with van der Waals surface area (Å²) in [6, 6.07) is 5.42. The van der Waals surface area contributed by atoms with Crippen LogP contribution in [0, 0.1) is 0 Å². The number of fused-ring (bicyclic) bond motifs is 1. The number of hydrogen-bond donors (Lipinski definition) is 1. The highest BCUT2D eigenvalue weighted by Crippen LogP contribution is 2.41. The second-order valence-corrected chi connectivity index (χ2v) is 6.55. The van der Waals surface area contributed by atoms with Gasteiger partial charge in [0.25, 0.3) is 0 Å². The van der Waals surface area contributed by atoms with E-state index in [1.54, 1.807) is 17.4 Å². The average Bonchev–Trinajstić information content (AvgIpc) is 3.03. The van der Waals surface area contributed by atoms with E-state index in [0.29, 0.717) is 16.9 Å². The van der Waals surface area contributed by atoms with Crippen LogP contribution in [0.4, 0.5) is 18.9 Å². The summed E-state index contributed by atoms with van der Waals surface area (Å²) in [5.74, 6) is 0. The van der Waals surface area contributed by atoms with Gasteiger partial charge in [-0.3, -0.25) is 0 Å². The lowest BCUT2D eigenvalue weighted by molar-refractivity contribution is -0.136. The predicted octanol–water partition coefficient (Wildman–Crippen LogP) is 5.64. The summed E-state index contributed by atoms with van der Waals surface area (Å²) < 4.78 is 39.2. The summed E-state index contributed by atoms with van der Waals surface area (Å²) in [7, 11) is 0. The van der Waals surface area contributed by atoms with Crippen LogP contribution in [0.3, 0.4) is 0 Å². The monoisotopic (exact) mass is 348 g/mol. The quantitative estimate of drug-likeness (QED) is 0.619. The van der Waals surface area contributed by atoms with Crippen molar-refractivity contribution in [3.63, 3.8) is 0 Å². The molecule has 0 atom stereocenters. The van der Waals surface area contributed by atoms with Gasteiger partial charge >= 0.3 is 6.18 Å². The number of thiophene rings is 2. The summed E-state index contributed by atoms with van der Waals surface area (Å²) >= 11 is 8.44. The van der Waals surface area contributed by atoms with Gasteiger partial charge in [0.1, 0.15) is 5.15 Å². The summed E-state index contributed by atoms with van der Waals surface area (Å²) in [6.45, 7) is 0.534. The molecule has 3 aromatic rings. The van der Waals surface area contributed by atoms with Crippen LogP contribution in [0.5, 0.6) is 0 Å². The first-order valence-electron chi connectivity index (χ1n) is 5.86. The Kier molecular flexibility index (Phi) is 3.81. The van der Waals surface area contributed by atoms with Crippen molar-refractivity contribution in [2.75, 3.05) is 5.32 Å². The molecule has 21 heavy (non-hydrogen) atoms. The van der Waals surface area contributed by atoms with Gasteiger partial charge in [-0.2, -0.15) is 13.2 Å². The van der Waals surface area contributed by atoms with E-state index in [4.69, 9.17) is 11.6 Å². The first-order valence-corrected chi connectivity index (χ1v) is 8.00. The molecule has 0 unspecified atom stereocenters. The van der Waals surface area contributed by atoms with Crippen molar-refractivity contribution >= 4 is 50.2 Å². The highest BCUT2D eigenvalue weighted by Gasteiger charge is 2.35. The fourth-order valence-corrected chi connectivity index (χ4v) is 3.75. The summed E-state index contributed by atoms with van der Waals surface area (Å²) in [5, 5.41) is 6.18. The van der Waals surface area contributed by atoms with Crippen molar-refractivity contribution in [1.29, 1.82) is 0 Å². The number of alkyl halides is 3. The first-order chi connectivity index (χ1) is 9.95. The molecule has 0 fully saturated rings. The zero-order valence-electron chi connectivity index (χ0n) is 10.4. The van der Waals surface area contributed by atoms with Crippen LogP contribution in [0.15, 0.2) is 29.0 Å². The SMILES string of the molecule is FC(F)(F)c1csc2c(NCc3cccs3)cc(Cl)nc12. The number of aromatic nitrogens is 1. The van der Waals surface area contributed by atoms with Gasteiger partial charge in [-0.15, -0.1) is 22.7 Å². The Bertz CT molecular complexity index is 766. The van der Waals surface area contributed by atoms with Crippen molar-refractivity contribution in [3.05, 3.63) is 44.6 Å². The molecule has 3 aromatic heterocycles. The number of rotatable bonds is 3. The van der Waals surface area contributed by atoms with E-state index in [0.717, 1.165) is 21.6 Å². The molecular weight excluding hydrogens is 341 g/mol. The molecule has 3 heterocycles. The van der Waals surface area contributed by atoms with E-state index in [1.165, 1.54) is 0 Å². The van der Waals surface area contributed by atoms with Crippen LogP contribution < -0.4 is 5.32 Å². The third-order valence-corrected chi connectivity index (χ3v) is 4.90. The third kappa shape index (κ3) is 3.00. The van der Waals surface area contributed by atoms with Crippen molar-refractivity contribution in [3.8, 4) is 0 Å². The fourth-order valence-electron chi connectivity index (χ4n) is 1.91. The lowest BCUT2D eigenvalue weighted by atomic mass is 10.2. The van der Waals surface area contributed by atoms with Gasteiger partial charge in [-0.1, -0.05) is 17.7 Å². The van der Waals surface area contributed by atoms with Crippen molar-refractivity contribution < 1.29 is 13.2 Å². The Morgan fingerprint density at radius 1 is 1.29 bits per heavy atom. The van der Waals surface area contributed by atoms with E-state index < -0.39 is 11.7 Å². The zero-order chi connectivity index (χ0) is 15.0. The number of hydrogen-bond acceptors (Lipinski definition) is 4. The normalized spacial score (nSPS) is 12.0. The Morgan fingerprint density at radius 2 is 2.10 bits per heavy atom. The molecule has 0 radical (unpaired) electrons. The Balaban J connectivity index is 2.00. The van der Waals surface area contributed by atoms with Crippen LogP contribution in [-0.4, -0.2) is 4.98 Å². The van der Waals surface area contributed by atoms with E-state index in [9.17, 15) is 13.2 Å². The van der Waals surface area contributed by atoms with E-state index in [-0.39, 0.29) is 10.7 Å². The topological polar surface area (TPSA) is 24.9 Å². The summed E-state index contributed by atoms with van der Waals surface area (Å²) in [4.78, 5) is 4.91. The molecule has 0 aliphatic heterocycles. The van der Waals surface area contributed by atoms with Crippen LogP contribution in [0.25, 0.3) is 10.2 Å². The fraction of sp³-hybridized carbons (Fsp3) is 0.154. The lowest BCUT2D eigenvalue weighted by Gasteiger charge is -2.08. The molecule has 8 heteroatoms. The smallest absolute Gasteiger partial charge is 0.379 e. The Morgan fingerprint density at radius 3 is 2.76 bits per heavy atom. The number of anilines is 1. The number of nitrogens with zero attached hydrogens (tertiary/aromatic N) is 1. The highest BCUT2D eigenvalue weighted by molar-refractivity contribution is 7.18. The minimum absolute atomic E-state index is 0.0417. The Labute approximate surface area is 131 Å². The highest BCUT2D eigenvalue weighted by atomic mass is 35.5. The lowest BCUT2D eigenvalue weighted by Crippen LogP contribution is -2.04. The van der Waals surface area contributed by atoms with Gasteiger partial charge in [0.05, 0.1) is 21.5 Å². The van der Waals surface area contributed by atoms with Crippen molar-refractivity contribution in [1.82, 2.24) is 4.98 Å². The van der Waals surface area contributed by atoms with Crippen molar-refractivity contribution in [2.24, 2.45) is 0 Å². The first kappa shape index (κ1) is 14.6. The van der Waals surface area contributed by atoms with Crippen LogP contribution in [-0.2, 0) is 12.7 Å². The van der Waals surface area contributed by atoms with Gasteiger partial charge in [0, 0.05) is 22.9 Å². The molecular formula is C13H8ClF3N2S2. The largest absolute Gasteiger partial charge is 0.419 e. The average molecular weight is 349 g/mol.